The molecule has 1 aromatic carbocycles. The Kier molecular flexibility index (Phi) is 5.03. The Labute approximate surface area is 177 Å². The molecule has 3 aromatic heterocycles. The number of nitrogens with zero attached hydrogens (tertiary/aromatic N) is 4. The van der Waals surface area contributed by atoms with E-state index in [0.717, 1.165) is 59.6 Å². The maximum absolute atomic E-state index is 12.9. The lowest BCUT2D eigenvalue weighted by Gasteiger charge is -2.35. The second-order valence-corrected chi connectivity index (χ2v) is 9.34. The zero-order chi connectivity index (χ0) is 19.8. The van der Waals surface area contributed by atoms with Crippen molar-refractivity contribution < 1.29 is 4.79 Å². The van der Waals surface area contributed by atoms with Crippen molar-refractivity contribution in [3.63, 3.8) is 0 Å². The zero-order valence-corrected chi connectivity index (χ0v) is 17.9. The molecule has 5 nitrogen and oxygen atoms in total. The summed E-state index contributed by atoms with van der Waals surface area (Å²) in [5.74, 6) is 1.24. The fourth-order valence-corrected chi connectivity index (χ4v) is 5.81. The minimum absolute atomic E-state index is 0.214. The van der Waals surface area contributed by atoms with E-state index in [2.05, 4.69) is 38.8 Å². The first-order chi connectivity index (χ1) is 14.2. The molecule has 0 unspecified atom stereocenters. The Hall–Kier alpha value is -2.35. The Morgan fingerprint density at radius 1 is 1.10 bits per heavy atom. The minimum atomic E-state index is 0.214. The number of hydrogen-bond donors (Lipinski definition) is 0. The van der Waals surface area contributed by atoms with E-state index >= 15 is 0 Å². The number of benzene rings is 1. The third kappa shape index (κ3) is 3.54. The summed E-state index contributed by atoms with van der Waals surface area (Å²) in [5, 5.41) is 4.24. The van der Waals surface area contributed by atoms with Crippen molar-refractivity contribution in [1.29, 1.82) is 0 Å². The lowest BCUT2D eigenvalue weighted by Crippen LogP contribution is -2.48. The summed E-state index contributed by atoms with van der Waals surface area (Å²) in [7, 11) is 0. The largest absolute Gasteiger partial charge is 0.353 e. The van der Waals surface area contributed by atoms with Crippen molar-refractivity contribution >= 4 is 54.6 Å². The average Bonchev–Trinajstić information content (AvgIpc) is 3.38. The van der Waals surface area contributed by atoms with Crippen LogP contribution < -0.4 is 4.90 Å². The van der Waals surface area contributed by atoms with Gasteiger partial charge in [-0.05, 0) is 18.6 Å². The van der Waals surface area contributed by atoms with Gasteiger partial charge in [-0.2, -0.15) is 0 Å². The van der Waals surface area contributed by atoms with Crippen molar-refractivity contribution in [2.45, 2.75) is 13.3 Å². The number of rotatable bonds is 5. The van der Waals surface area contributed by atoms with Crippen LogP contribution in [-0.2, 0) is 6.42 Å². The van der Waals surface area contributed by atoms with Crippen molar-refractivity contribution in [1.82, 2.24) is 14.9 Å². The van der Waals surface area contributed by atoms with Crippen molar-refractivity contribution in [3.8, 4) is 0 Å². The molecular formula is C22H22N4OS2. The van der Waals surface area contributed by atoms with Gasteiger partial charge in [0.25, 0.3) is 0 Å². The lowest BCUT2D eigenvalue weighted by molar-refractivity contribution is 0.0928. The quantitative estimate of drug-likeness (QED) is 0.444. The molecule has 0 bridgehead atoms. The molecule has 0 aliphatic carbocycles. The van der Waals surface area contributed by atoms with Crippen LogP contribution in [-0.4, -0.2) is 53.4 Å². The minimum Gasteiger partial charge on any atom is -0.353 e. The SMILES string of the molecule is CCc1cc2c(N3CCN(CC(=O)c4csc5ccccc45)CC3)ncnc2s1. The highest BCUT2D eigenvalue weighted by atomic mass is 32.1. The molecule has 148 valence electrons. The van der Waals surface area contributed by atoms with Gasteiger partial charge < -0.3 is 4.90 Å². The summed E-state index contributed by atoms with van der Waals surface area (Å²) < 4.78 is 1.18. The van der Waals surface area contributed by atoms with Crippen LogP contribution in [0.5, 0.6) is 0 Å². The third-order valence-corrected chi connectivity index (χ3v) is 7.68. The maximum atomic E-state index is 12.9. The molecule has 29 heavy (non-hydrogen) atoms. The molecule has 7 heteroatoms. The molecule has 1 aliphatic rings. The van der Waals surface area contributed by atoms with Crippen molar-refractivity contribution in [3.05, 3.63) is 52.5 Å². The molecule has 0 atom stereocenters. The van der Waals surface area contributed by atoms with Gasteiger partial charge in [0, 0.05) is 52.1 Å². The van der Waals surface area contributed by atoms with E-state index < -0.39 is 0 Å². The number of hydrogen-bond acceptors (Lipinski definition) is 7. The molecule has 1 aliphatic heterocycles. The number of ketones is 1. The van der Waals surface area contributed by atoms with Gasteiger partial charge in [0.2, 0.25) is 0 Å². The second-order valence-electron chi connectivity index (χ2n) is 7.31. The van der Waals surface area contributed by atoms with Gasteiger partial charge in [0.1, 0.15) is 17.0 Å². The Morgan fingerprint density at radius 3 is 2.76 bits per heavy atom. The predicted molar refractivity (Wildman–Crippen MR) is 122 cm³/mol. The predicted octanol–water partition coefficient (Wildman–Crippen LogP) is 4.47. The van der Waals surface area contributed by atoms with Crippen LogP contribution in [0.15, 0.2) is 42.0 Å². The molecule has 0 amide bonds. The summed E-state index contributed by atoms with van der Waals surface area (Å²) in [6.45, 7) is 6.13. The van der Waals surface area contributed by atoms with Gasteiger partial charge in [0.15, 0.2) is 5.78 Å². The third-order valence-electron chi connectivity index (χ3n) is 5.53. The molecule has 4 aromatic rings. The highest BCUT2D eigenvalue weighted by Gasteiger charge is 2.23. The molecule has 0 spiro atoms. The smallest absolute Gasteiger partial charge is 0.178 e. The van der Waals surface area contributed by atoms with Gasteiger partial charge in [0.05, 0.1) is 11.9 Å². The van der Waals surface area contributed by atoms with Crippen LogP contribution in [0.4, 0.5) is 5.82 Å². The number of carbonyl (C=O) groups excluding carboxylic acids is 1. The number of carbonyl (C=O) groups is 1. The first kappa shape index (κ1) is 18.7. The maximum Gasteiger partial charge on any atom is 0.178 e. The van der Waals surface area contributed by atoms with Gasteiger partial charge in [-0.1, -0.05) is 25.1 Å². The highest BCUT2D eigenvalue weighted by Crippen LogP contribution is 2.31. The van der Waals surface area contributed by atoms with Crippen LogP contribution in [0.1, 0.15) is 22.2 Å². The average molecular weight is 423 g/mol. The van der Waals surface area contributed by atoms with E-state index in [0.29, 0.717) is 6.54 Å². The van der Waals surface area contributed by atoms with Gasteiger partial charge in [-0.3, -0.25) is 9.69 Å². The molecule has 5 rings (SSSR count). The Bertz CT molecular complexity index is 1170. The highest BCUT2D eigenvalue weighted by molar-refractivity contribution is 7.18. The lowest BCUT2D eigenvalue weighted by atomic mass is 10.1. The first-order valence-electron chi connectivity index (χ1n) is 9.93. The van der Waals surface area contributed by atoms with Crippen LogP contribution in [0, 0.1) is 0 Å². The molecule has 0 N–H and O–H groups in total. The summed E-state index contributed by atoms with van der Waals surface area (Å²) in [6, 6.07) is 10.4. The number of fused-ring (bicyclic) bond motifs is 2. The monoisotopic (exact) mass is 422 g/mol. The number of anilines is 1. The standard InChI is InChI=1S/C22H22N4OS2/c1-2-15-11-17-21(23-14-24-22(17)29-15)26-9-7-25(8-10-26)12-19(27)18-13-28-20-6-4-3-5-16(18)20/h3-6,11,13-14H,2,7-10,12H2,1H3. The molecule has 1 saturated heterocycles. The molecular weight excluding hydrogens is 400 g/mol. The van der Waals surface area contributed by atoms with Crippen LogP contribution in [0.3, 0.4) is 0 Å². The van der Waals surface area contributed by atoms with Gasteiger partial charge >= 0.3 is 0 Å². The zero-order valence-electron chi connectivity index (χ0n) is 16.3. The second kappa shape index (κ2) is 7.82. The molecule has 0 radical (unpaired) electrons. The van der Waals surface area contributed by atoms with E-state index in [1.165, 1.54) is 9.58 Å². The van der Waals surface area contributed by atoms with Crippen molar-refractivity contribution in [2.75, 3.05) is 37.6 Å². The van der Waals surface area contributed by atoms with Gasteiger partial charge in [-0.15, -0.1) is 22.7 Å². The van der Waals surface area contributed by atoms with E-state index in [4.69, 9.17) is 0 Å². The Balaban J connectivity index is 1.27. The number of Topliss-reactive ketones (excluding diaryl/α,β-unsaturated/α-hetero) is 1. The number of aromatic nitrogens is 2. The summed E-state index contributed by atoms with van der Waals surface area (Å²) in [4.78, 5) is 28.9. The fourth-order valence-electron chi connectivity index (χ4n) is 3.92. The van der Waals surface area contributed by atoms with Crippen LogP contribution in [0.2, 0.25) is 0 Å². The first-order valence-corrected chi connectivity index (χ1v) is 11.6. The number of piperazine rings is 1. The summed E-state index contributed by atoms with van der Waals surface area (Å²) >= 11 is 3.40. The topological polar surface area (TPSA) is 49.3 Å². The fraction of sp³-hybridized carbons (Fsp3) is 0.318. The number of thiophene rings is 2. The Morgan fingerprint density at radius 2 is 1.93 bits per heavy atom. The number of aryl methyl sites for hydroxylation is 1. The summed E-state index contributed by atoms with van der Waals surface area (Å²) in [6.07, 6.45) is 2.69. The molecule has 0 saturated carbocycles. The van der Waals surface area contributed by atoms with E-state index in [9.17, 15) is 4.79 Å². The molecule has 4 heterocycles. The van der Waals surface area contributed by atoms with E-state index in [1.807, 2.05) is 23.6 Å². The van der Waals surface area contributed by atoms with Crippen LogP contribution >= 0.6 is 22.7 Å². The van der Waals surface area contributed by atoms with E-state index in [1.54, 1.807) is 29.0 Å². The molecule has 1 fully saturated rings. The summed E-state index contributed by atoms with van der Waals surface area (Å²) in [5.41, 5.74) is 0.857. The van der Waals surface area contributed by atoms with Crippen LogP contribution in [0.25, 0.3) is 20.3 Å². The normalized spacial score (nSPS) is 15.4. The van der Waals surface area contributed by atoms with E-state index in [-0.39, 0.29) is 5.78 Å². The van der Waals surface area contributed by atoms with Gasteiger partial charge in [-0.25, -0.2) is 9.97 Å². The van der Waals surface area contributed by atoms with Crippen molar-refractivity contribution in [2.24, 2.45) is 0 Å².